The summed E-state index contributed by atoms with van der Waals surface area (Å²) in [7, 11) is 0. The van der Waals surface area contributed by atoms with Gasteiger partial charge in [0.15, 0.2) is 0 Å². The smallest absolute Gasteiger partial charge is 0.334 e. The predicted octanol–water partition coefficient (Wildman–Crippen LogP) is 1.97. The van der Waals surface area contributed by atoms with Gasteiger partial charge in [-0.05, 0) is 33.1 Å². The van der Waals surface area contributed by atoms with E-state index in [4.69, 9.17) is 14.2 Å². The number of hydrogen-bond donors (Lipinski definition) is 0. The van der Waals surface area contributed by atoms with Crippen LogP contribution in [0.25, 0.3) is 0 Å². The lowest BCUT2D eigenvalue weighted by molar-refractivity contribution is -0.139. The van der Waals surface area contributed by atoms with Gasteiger partial charge in [0.1, 0.15) is 6.10 Å². The fraction of sp³-hybridized carbons (Fsp3) is 0.800. The summed E-state index contributed by atoms with van der Waals surface area (Å²) in [4.78, 5) is 11.8. The Balaban J connectivity index is 1.62. The van der Waals surface area contributed by atoms with Crippen molar-refractivity contribution in [2.75, 3.05) is 0 Å². The molecule has 104 valence electrons. The first-order valence-electron chi connectivity index (χ1n) is 7.17. The van der Waals surface area contributed by atoms with Crippen LogP contribution in [0.4, 0.5) is 0 Å². The molecule has 3 saturated heterocycles. The lowest BCUT2D eigenvalue weighted by Gasteiger charge is -2.21. The maximum absolute atomic E-state index is 11.8. The zero-order valence-electron chi connectivity index (χ0n) is 11.5. The number of fused-ring (bicyclic) bond motifs is 3. The van der Waals surface area contributed by atoms with E-state index in [2.05, 4.69) is 20.4 Å². The van der Waals surface area contributed by atoms with Gasteiger partial charge >= 0.3 is 5.97 Å². The third-order valence-electron chi connectivity index (χ3n) is 5.47. The molecule has 4 aliphatic rings. The highest BCUT2D eigenvalue weighted by atomic mass is 16.6. The third-order valence-corrected chi connectivity index (χ3v) is 5.47. The maximum Gasteiger partial charge on any atom is 0.334 e. The van der Waals surface area contributed by atoms with Crippen LogP contribution in [0.2, 0.25) is 0 Å². The molecule has 6 atom stereocenters. The maximum atomic E-state index is 11.8. The van der Waals surface area contributed by atoms with Crippen molar-refractivity contribution in [2.45, 2.75) is 69.0 Å². The van der Waals surface area contributed by atoms with Gasteiger partial charge in [0.25, 0.3) is 0 Å². The van der Waals surface area contributed by atoms with Crippen molar-refractivity contribution >= 4 is 5.97 Å². The van der Waals surface area contributed by atoms with Gasteiger partial charge in [0, 0.05) is 17.9 Å². The van der Waals surface area contributed by atoms with Crippen LogP contribution >= 0.6 is 0 Å². The fourth-order valence-electron chi connectivity index (χ4n) is 3.84. The summed E-state index contributed by atoms with van der Waals surface area (Å²) in [5.74, 6) is -0.142. The van der Waals surface area contributed by atoms with Crippen LogP contribution in [-0.4, -0.2) is 35.5 Å². The van der Waals surface area contributed by atoms with Crippen LogP contribution in [0, 0.1) is 5.92 Å². The van der Waals surface area contributed by atoms with Crippen LogP contribution in [-0.2, 0) is 19.0 Å². The van der Waals surface area contributed by atoms with Crippen molar-refractivity contribution in [2.24, 2.45) is 5.92 Å². The predicted molar refractivity (Wildman–Crippen MR) is 67.5 cm³/mol. The lowest BCUT2D eigenvalue weighted by Crippen LogP contribution is -2.28. The van der Waals surface area contributed by atoms with E-state index >= 15 is 0 Å². The second-order valence-corrected chi connectivity index (χ2v) is 6.89. The number of esters is 1. The molecule has 4 nitrogen and oxygen atoms in total. The summed E-state index contributed by atoms with van der Waals surface area (Å²) in [6, 6.07) is 0. The molecule has 3 heterocycles. The molecule has 19 heavy (non-hydrogen) atoms. The first kappa shape index (κ1) is 11.9. The molecule has 1 saturated carbocycles. The molecule has 0 spiro atoms. The molecule has 4 fully saturated rings. The number of rotatable bonds is 0. The summed E-state index contributed by atoms with van der Waals surface area (Å²) in [5, 5.41) is 0. The topological polar surface area (TPSA) is 51.4 Å². The van der Waals surface area contributed by atoms with E-state index in [-0.39, 0.29) is 35.3 Å². The summed E-state index contributed by atoms with van der Waals surface area (Å²) < 4.78 is 17.2. The second kappa shape index (κ2) is 3.41. The normalized spacial score (nSPS) is 55.7. The standard InChI is InChI=1S/C15H20O4/c1-8-9-6-12-14(2,19-12)5-4-11-15(3,18-11)7-10(9)17-13(8)16/h9-12H,1,4-7H2,2-3H3/t9-,10+,11+,12+,14+,15+/m0/s1. The summed E-state index contributed by atoms with van der Waals surface area (Å²) in [5.41, 5.74) is 0.469. The number of carbonyl (C=O) groups excluding carboxylic acids is 1. The minimum atomic E-state index is -0.239. The molecule has 4 rings (SSSR count). The van der Waals surface area contributed by atoms with Gasteiger partial charge in [-0.15, -0.1) is 0 Å². The quantitative estimate of drug-likeness (QED) is 0.381. The van der Waals surface area contributed by atoms with Crippen molar-refractivity contribution in [3.8, 4) is 0 Å². The van der Waals surface area contributed by atoms with Gasteiger partial charge in [-0.25, -0.2) is 4.79 Å². The zero-order valence-corrected chi connectivity index (χ0v) is 11.5. The first-order valence-corrected chi connectivity index (χ1v) is 7.17. The van der Waals surface area contributed by atoms with Gasteiger partial charge in [0.2, 0.25) is 0 Å². The van der Waals surface area contributed by atoms with Gasteiger partial charge in [-0.1, -0.05) is 6.58 Å². The van der Waals surface area contributed by atoms with E-state index in [1.165, 1.54) is 0 Å². The molecule has 0 aromatic heterocycles. The molecular weight excluding hydrogens is 244 g/mol. The van der Waals surface area contributed by atoms with Crippen molar-refractivity contribution in [3.63, 3.8) is 0 Å². The van der Waals surface area contributed by atoms with Gasteiger partial charge in [-0.2, -0.15) is 0 Å². The Morgan fingerprint density at radius 2 is 1.95 bits per heavy atom. The van der Waals surface area contributed by atoms with Crippen molar-refractivity contribution in [1.82, 2.24) is 0 Å². The fourth-order valence-corrected chi connectivity index (χ4v) is 3.84. The van der Waals surface area contributed by atoms with Crippen LogP contribution in [0.3, 0.4) is 0 Å². The molecule has 3 aliphatic heterocycles. The molecule has 0 aromatic rings. The Kier molecular flexibility index (Phi) is 2.14. The van der Waals surface area contributed by atoms with E-state index in [0.717, 1.165) is 25.7 Å². The Hall–Kier alpha value is -0.870. The minimum absolute atomic E-state index is 0.0271. The monoisotopic (exact) mass is 264 g/mol. The highest BCUT2D eigenvalue weighted by Gasteiger charge is 2.61. The SMILES string of the molecule is C=C1C(=O)O[C@@H]2C[C@@]3(C)O[C@@H]3CC[C@@]3(C)O[C@@H]3C[C@@H]12. The molecule has 1 aliphatic carbocycles. The second-order valence-electron chi connectivity index (χ2n) is 6.89. The number of hydrogen-bond acceptors (Lipinski definition) is 4. The zero-order chi connectivity index (χ0) is 13.4. The van der Waals surface area contributed by atoms with Gasteiger partial charge in [0.05, 0.1) is 23.4 Å². The average Bonchev–Trinajstić information content (AvgIpc) is 3.15. The molecular formula is C15H20O4. The van der Waals surface area contributed by atoms with E-state index < -0.39 is 0 Å². The molecule has 0 aromatic carbocycles. The van der Waals surface area contributed by atoms with E-state index in [0.29, 0.717) is 11.7 Å². The Morgan fingerprint density at radius 1 is 1.21 bits per heavy atom. The molecule has 0 N–H and O–H groups in total. The molecule has 0 amide bonds. The Morgan fingerprint density at radius 3 is 2.74 bits per heavy atom. The number of ether oxygens (including phenoxy) is 3. The average molecular weight is 264 g/mol. The van der Waals surface area contributed by atoms with Crippen LogP contribution in [0.15, 0.2) is 12.2 Å². The van der Waals surface area contributed by atoms with Crippen molar-refractivity contribution in [1.29, 1.82) is 0 Å². The highest BCUT2D eigenvalue weighted by molar-refractivity contribution is 5.90. The van der Waals surface area contributed by atoms with E-state index in [1.54, 1.807) is 0 Å². The molecule has 0 unspecified atom stereocenters. The van der Waals surface area contributed by atoms with Crippen molar-refractivity contribution < 1.29 is 19.0 Å². The Labute approximate surface area is 113 Å². The molecule has 0 radical (unpaired) electrons. The number of epoxide rings is 2. The summed E-state index contributed by atoms with van der Waals surface area (Å²) >= 11 is 0. The summed E-state index contributed by atoms with van der Waals surface area (Å²) in [6.45, 7) is 8.20. The van der Waals surface area contributed by atoms with E-state index in [1.807, 2.05) is 0 Å². The van der Waals surface area contributed by atoms with Crippen molar-refractivity contribution in [3.05, 3.63) is 12.2 Å². The largest absolute Gasteiger partial charge is 0.458 e. The highest BCUT2D eigenvalue weighted by Crippen LogP contribution is 2.53. The molecule has 4 heteroatoms. The molecule has 0 bridgehead atoms. The first-order chi connectivity index (χ1) is 8.91. The lowest BCUT2D eigenvalue weighted by atomic mass is 9.81. The van der Waals surface area contributed by atoms with Gasteiger partial charge < -0.3 is 14.2 Å². The third kappa shape index (κ3) is 1.69. The van der Waals surface area contributed by atoms with Crippen LogP contribution in [0.1, 0.15) is 39.5 Å². The summed E-state index contributed by atoms with van der Waals surface area (Å²) in [6.07, 6.45) is 4.17. The van der Waals surface area contributed by atoms with Crippen LogP contribution < -0.4 is 0 Å². The minimum Gasteiger partial charge on any atom is -0.458 e. The van der Waals surface area contributed by atoms with E-state index in [9.17, 15) is 4.79 Å². The number of carbonyl (C=O) groups is 1. The Bertz CT molecular complexity index is 473. The van der Waals surface area contributed by atoms with Crippen LogP contribution in [0.5, 0.6) is 0 Å². The van der Waals surface area contributed by atoms with Gasteiger partial charge in [-0.3, -0.25) is 0 Å².